The number of fused-ring (bicyclic) bond motifs is 1. The Labute approximate surface area is 216 Å². The third-order valence-electron chi connectivity index (χ3n) is 7.16. The van der Waals surface area contributed by atoms with Gasteiger partial charge < -0.3 is 4.40 Å². The minimum Gasteiger partial charge on any atom is -0.303 e. The van der Waals surface area contributed by atoms with Crippen LogP contribution in [0.4, 0.5) is 0 Å². The Morgan fingerprint density at radius 1 is 0.794 bits per heavy atom. The summed E-state index contributed by atoms with van der Waals surface area (Å²) in [5, 5.41) is 2.04. The Morgan fingerprint density at radius 3 is 2.38 bits per heavy atom. The summed E-state index contributed by atoms with van der Waals surface area (Å²) >= 11 is 18.6. The molecule has 2 aromatic carbocycles. The lowest BCUT2D eigenvalue weighted by Crippen LogP contribution is -2.06. The second-order valence-electron chi connectivity index (χ2n) is 9.51. The van der Waals surface area contributed by atoms with Crippen LogP contribution in [0, 0.1) is 5.92 Å². The van der Waals surface area contributed by atoms with Crippen molar-refractivity contribution in [1.29, 1.82) is 0 Å². The van der Waals surface area contributed by atoms with Crippen molar-refractivity contribution in [2.45, 2.75) is 57.3 Å². The summed E-state index contributed by atoms with van der Waals surface area (Å²) in [4.78, 5) is 5.05. The van der Waals surface area contributed by atoms with Gasteiger partial charge in [-0.1, -0.05) is 91.2 Å². The molecule has 5 rings (SSSR count). The van der Waals surface area contributed by atoms with Gasteiger partial charge in [-0.2, -0.15) is 0 Å². The second-order valence-corrected chi connectivity index (χ2v) is 10.8. The highest BCUT2D eigenvalue weighted by molar-refractivity contribution is 6.42. The molecule has 5 heteroatoms. The lowest BCUT2D eigenvalue weighted by molar-refractivity contribution is 0.424. The Balaban J connectivity index is 1.38. The smallest absolute Gasteiger partial charge is 0.137 e. The molecule has 2 atom stereocenters. The van der Waals surface area contributed by atoms with Crippen molar-refractivity contribution in [2.75, 3.05) is 0 Å². The fourth-order valence-corrected chi connectivity index (χ4v) is 5.91. The number of pyridine rings is 1. The van der Waals surface area contributed by atoms with Crippen LogP contribution in [0.2, 0.25) is 15.1 Å². The highest BCUT2D eigenvalue weighted by atomic mass is 35.5. The molecule has 2 heterocycles. The number of aromatic nitrogens is 2. The highest BCUT2D eigenvalue weighted by Crippen LogP contribution is 2.38. The van der Waals surface area contributed by atoms with E-state index in [2.05, 4.69) is 47.0 Å². The first-order valence-electron chi connectivity index (χ1n) is 12.3. The third-order valence-corrected chi connectivity index (χ3v) is 8.15. The fourth-order valence-electron chi connectivity index (χ4n) is 5.47. The van der Waals surface area contributed by atoms with E-state index in [1.807, 2.05) is 24.3 Å². The van der Waals surface area contributed by atoms with Gasteiger partial charge in [0.15, 0.2) is 0 Å². The molecule has 0 N–H and O–H groups in total. The van der Waals surface area contributed by atoms with Crippen molar-refractivity contribution in [3.63, 3.8) is 0 Å². The number of halogens is 3. The normalized spacial score (nSPS) is 19.5. The van der Waals surface area contributed by atoms with Crippen LogP contribution in [0.5, 0.6) is 0 Å². The molecule has 0 spiro atoms. The summed E-state index contributed by atoms with van der Waals surface area (Å²) in [7, 11) is 0. The van der Waals surface area contributed by atoms with Crippen LogP contribution in [-0.4, -0.2) is 9.38 Å². The SMILES string of the molecule is Clc1ccc(-c2nc3ccccn3c2C2CCCCC(Cc3ccc(Cl)c(Cl)c3)CCC2)cc1. The van der Waals surface area contributed by atoms with E-state index >= 15 is 0 Å². The maximum atomic E-state index is 6.27. The van der Waals surface area contributed by atoms with Gasteiger partial charge in [0.2, 0.25) is 0 Å². The summed E-state index contributed by atoms with van der Waals surface area (Å²) in [6, 6.07) is 20.5. The maximum absolute atomic E-state index is 6.27. The number of hydrogen-bond acceptors (Lipinski definition) is 1. The predicted octanol–water partition coefficient (Wildman–Crippen LogP) is 9.65. The molecular weight excluding hydrogens is 483 g/mol. The van der Waals surface area contributed by atoms with Gasteiger partial charge in [-0.25, -0.2) is 4.98 Å². The molecule has 0 amide bonds. The molecule has 1 saturated carbocycles. The zero-order valence-corrected chi connectivity index (χ0v) is 21.5. The van der Waals surface area contributed by atoms with E-state index in [1.54, 1.807) is 0 Å². The first-order valence-corrected chi connectivity index (χ1v) is 13.4. The monoisotopic (exact) mass is 510 g/mol. The standard InChI is InChI=1S/C29H29Cl3N2/c30-24-14-12-22(13-15-24)28-29(34-17-4-3-10-27(34)33-28)23-8-2-1-6-20(7-5-9-23)18-21-11-16-25(31)26(32)19-21/h3-4,10-17,19-20,23H,1-2,5-9,18H2. The summed E-state index contributed by atoms with van der Waals surface area (Å²) in [6.07, 6.45) is 11.8. The van der Waals surface area contributed by atoms with Gasteiger partial charge >= 0.3 is 0 Å². The van der Waals surface area contributed by atoms with Crippen LogP contribution < -0.4 is 0 Å². The van der Waals surface area contributed by atoms with E-state index < -0.39 is 0 Å². The molecule has 1 fully saturated rings. The minimum absolute atomic E-state index is 0.492. The average molecular weight is 512 g/mol. The van der Waals surface area contributed by atoms with E-state index in [1.165, 1.54) is 56.2 Å². The molecule has 0 radical (unpaired) electrons. The molecule has 2 unspecified atom stereocenters. The Bertz CT molecular complexity index is 1260. The number of benzene rings is 2. The van der Waals surface area contributed by atoms with Crippen LogP contribution in [0.15, 0.2) is 66.9 Å². The second kappa shape index (κ2) is 10.7. The molecule has 1 aliphatic rings. The maximum Gasteiger partial charge on any atom is 0.137 e. The van der Waals surface area contributed by atoms with Crippen LogP contribution >= 0.6 is 34.8 Å². The van der Waals surface area contributed by atoms with Gasteiger partial charge in [-0.05, 0) is 67.1 Å². The number of nitrogens with zero attached hydrogens (tertiary/aromatic N) is 2. The van der Waals surface area contributed by atoms with E-state index in [-0.39, 0.29) is 0 Å². The summed E-state index contributed by atoms with van der Waals surface area (Å²) < 4.78 is 2.31. The minimum atomic E-state index is 0.492. The van der Waals surface area contributed by atoms with Crippen LogP contribution in [0.1, 0.15) is 62.1 Å². The number of rotatable bonds is 4. The predicted molar refractivity (Wildman–Crippen MR) is 144 cm³/mol. The Kier molecular flexibility index (Phi) is 7.49. The van der Waals surface area contributed by atoms with Crippen molar-refractivity contribution in [3.05, 3.63) is 93.2 Å². The first kappa shape index (κ1) is 23.7. The van der Waals surface area contributed by atoms with Gasteiger partial charge in [0.05, 0.1) is 21.4 Å². The van der Waals surface area contributed by atoms with E-state index in [0.717, 1.165) is 28.3 Å². The summed E-state index contributed by atoms with van der Waals surface area (Å²) in [6.45, 7) is 0. The average Bonchev–Trinajstić information content (AvgIpc) is 3.26. The van der Waals surface area contributed by atoms with Crippen molar-refractivity contribution in [3.8, 4) is 11.3 Å². The summed E-state index contributed by atoms with van der Waals surface area (Å²) in [5.74, 6) is 1.18. The van der Waals surface area contributed by atoms with Crippen molar-refractivity contribution in [1.82, 2.24) is 9.38 Å². The molecule has 34 heavy (non-hydrogen) atoms. The van der Waals surface area contributed by atoms with Gasteiger partial charge in [-0.3, -0.25) is 0 Å². The van der Waals surface area contributed by atoms with E-state index in [4.69, 9.17) is 39.8 Å². The van der Waals surface area contributed by atoms with Gasteiger partial charge in [-0.15, -0.1) is 0 Å². The third kappa shape index (κ3) is 5.30. The van der Waals surface area contributed by atoms with Gasteiger partial charge in [0, 0.05) is 22.7 Å². The van der Waals surface area contributed by atoms with Gasteiger partial charge in [0.1, 0.15) is 5.65 Å². The van der Waals surface area contributed by atoms with Crippen molar-refractivity contribution < 1.29 is 0 Å². The lowest BCUT2D eigenvalue weighted by atomic mass is 9.89. The fraction of sp³-hybridized carbons (Fsp3) is 0.345. The molecule has 2 aromatic heterocycles. The summed E-state index contributed by atoms with van der Waals surface area (Å²) in [5.41, 5.74) is 5.89. The zero-order chi connectivity index (χ0) is 23.5. The Morgan fingerprint density at radius 2 is 1.56 bits per heavy atom. The molecule has 4 aromatic rings. The quantitative estimate of drug-likeness (QED) is 0.266. The molecule has 2 nitrogen and oxygen atoms in total. The lowest BCUT2D eigenvalue weighted by Gasteiger charge is -2.18. The van der Waals surface area contributed by atoms with Crippen LogP contribution in [-0.2, 0) is 6.42 Å². The first-order chi connectivity index (χ1) is 16.6. The molecule has 0 bridgehead atoms. The van der Waals surface area contributed by atoms with Crippen LogP contribution in [0.25, 0.3) is 16.9 Å². The largest absolute Gasteiger partial charge is 0.303 e. The zero-order valence-electron chi connectivity index (χ0n) is 19.2. The molecule has 1 aliphatic carbocycles. The number of imidazole rings is 1. The molecular formula is C29H29Cl3N2. The van der Waals surface area contributed by atoms with Gasteiger partial charge in [0.25, 0.3) is 0 Å². The molecule has 0 aliphatic heterocycles. The topological polar surface area (TPSA) is 17.3 Å². The molecule has 0 saturated heterocycles. The van der Waals surface area contributed by atoms with Crippen LogP contribution in [0.3, 0.4) is 0 Å². The van der Waals surface area contributed by atoms with E-state index in [0.29, 0.717) is 21.9 Å². The molecule has 176 valence electrons. The van der Waals surface area contributed by atoms with Crippen molar-refractivity contribution >= 4 is 40.4 Å². The highest BCUT2D eigenvalue weighted by Gasteiger charge is 2.24. The number of hydrogen-bond donors (Lipinski definition) is 0. The Hall–Kier alpha value is -2.00. The van der Waals surface area contributed by atoms with Crippen molar-refractivity contribution in [2.24, 2.45) is 5.92 Å². The van der Waals surface area contributed by atoms with E-state index in [9.17, 15) is 0 Å².